The van der Waals surface area contributed by atoms with Gasteiger partial charge in [-0.15, -0.1) is 0 Å². The lowest BCUT2D eigenvalue weighted by atomic mass is 10.2. The molecule has 0 radical (unpaired) electrons. The monoisotopic (exact) mass is 486 g/mol. The minimum absolute atomic E-state index is 0.190. The van der Waals surface area contributed by atoms with Crippen molar-refractivity contribution < 1.29 is 29.2 Å². The number of nitrogens with zero attached hydrogens (tertiary/aromatic N) is 2. The number of methoxy groups -OCH3 is 4. The topological polar surface area (TPSA) is 132 Å². The van der Waals surface area contributed by atoms with Gasteiger partial charge in [0.1, 0.15) is 23.0 Å². The van der Waals surface area contributed by atoms with Gasteiger partial charge in [-0.25, -0.2) is 0 Å². The summed E-state index contributed by atoms with van der Waals surface area (Å²) in [4.78, 5) is 8.62. The molecule has 2 rings (SSSR count). The van der Waals surface area contributed by atoms with Crippen LogP contribution in [0.25, 0.3) is 0 Å². The summed E-state index contributed by atoms with van der Waals surface area (Å²) in [5.41, 5.74) is 0.828. The second-order valence-corrected chi connectivity index (χ2v) is 7.41. The van der Waals surface area contributed by atoms with Gasteiger partial charge in [-0.3, -0.25) is 9.98 Å². The Kier molecular flexibility index (Phi) is 12.2. The van der Waals surface area contributed by atoms with E-state index < -0.39 is 0 Å². The maximum atomic E-state index is 12.1. The molecule has 10 heteroatoms. The normalized spacial score (nSPS) is 11.3. The molecule has 2 aromatic carbocycles. The molecular weight excluding hydrogens is 452 g/mol. The van der Waals surface area contributed by atoms with Crippen LogP contribution in [-0.4, -0.2) is 80.1 Å². The van der Waals surface area contributed by atoms with E-state index in [-0.39, 0.29) is 11.5 Å². The standard InChI is InChI=1S/C25H36N4O6/c1-32-18-12-22(30)20(24(14-18)34-3)16-28-10-8-26-6-5-7-27-9-11-29-17-21-23(31)13-19(33-2)15-25(21)35-4/h12-17,26-27,30-31H,5-11H2,1-4H3/p-2. The summed E-state index contributed by atoms with van der Waals surface area (Å²) in [5, 5.41) is 30.9. The molecule has 0 unspecified atom stereocenters. The number of hydrogen-bond acceptors (Lipinski definition) is 10. The summed E-state index contributed by atoms with van der Waals surface area (Å²) in [6.45, 7) is 4.18. The van der Waals surface area contributed by atoms with Crippen LogP contribution < -0.4 is 39.8 Å². The van der Waals surface area contributed by atoms with E-state index in [1.165, 1.54) is 40.6 Å². The molecule has 192 valence electrons. The summed E-state index contributed by atoms with van der Waals surface area (Å²) in [6, 6.07) is 6.15. The first kappa shape index (κ1) is 27.7. The Morgan fingerprint density at radius 3 is 1.46 bits per heavy atom. The van der Waals surface area contributed by atoms with Crippen LogP contribution in [-0.2, 0) is 0 Å². The predicted molar refractivity (Wildman–Crippen MR) is 133 cm³/mol. The molecule has 0 aromatic heterocycles. The summed E-state index contributed by atoms with van der Waals surface area (Å²) in [5.74, 6) is 1.42. The first-order valence-corrected chi connectivity index (χ1v) is 11.3. The Bertz CT molecular complexity index is 903. The second-order valence-electron chi connectivity index (χ2n) is 7.41. The molecule has 0 atom stereocenters. The average Bonchev–Trinajstić information content (AvgIpc) is 2.87. The lowest BCUT2D eigenvalue weighted by Crippen LogP contribution is -2.25. The molecule has 0 fully saturated rings. The Balaban J connectivity index is 1.59. The first-order chi connectivity index (χ1) is 17.0. The summed E-state index contributed by atoms with van der Waals surface area (Å²) >= 11 is 0. The molecule has 35 heavy (non-hydrogen) atoms. The second kappa shape index (κ2) is 15.4. The highest BCUT2D eigenvalue weighted by Gasteiger charge is 2.05. The van der Waals surface area contributed by atoms with E-state index in [4.69, 9.17) is 18.9 Å². The fourth-order valence-electron chi connectivity index (χ4n) is 3.17. The van der Waals surface area contributed by atoms with Gasteiger partial charge in [-0.05, 0) is 31.6 Å². The maximum Gasteiger partial charge on any atom is 0.130 e. The van der Waals surface area contributed by atoms with Gasteiger partial charge < -0.3 is 39.8 Å². The van der Waals surface area contributed by atoms with Crippen LogP contribution >= 0.6 is 0 Å². The quantitative estimate of drug-likeness (QED) is 0.265. The molecule has 0 heterocycles. The molecule has 0 aliphatic rings. The van der Waals surface area contributed by atoms with Crippen molar-refractivity contribution in [2.45, 2.75) is 6.42 Å². The fraction of sp³-hybridized carbons (Fsp3) is 0.440. The maximum absolute atomic E-state index is 12.1. The van der Waals surface area contributed by atoms with Gasteiger partial charge in [-0.2, -0.15) is 0 Å². The average molecular weight is 487 g/mol. The van der Waals surface area contributed by atoms with E-state index in [0.717, 1.165) is 19.5 Å². The third-order valence-electron chi connectivity index (χ3n) is 5.05. The van der Waals surface area contributed by atoms with Gasteiger partial charge in [0.25, 0.3) is 0 Å². The molecule has 0 bridgehead atoms. The van der Waals surface area contributed by atoms with Crippen molar-refractivity contribution in [2.75, 3.05) is 67.7 Å². The van der Waals surface area contributed by atoms with Crippen molar-refractivity contribution in [1.29, 1.82) is 0 Å². The van der Waals surface area contributed by atoms with Crippen LogP contribution in [0.1, 0.15) is 17.5 Å². The minimum atomic E-state index is -0.190. The van der Waals surface area contributed by atoms with Crippen molar-refractivity contribution in [3.8, 4) is 34.5 Å². The van der Waals surface area contributed by atoms with E-state index >= 15 is 0 Å². The highest BCUT2D eigenvalue weighted by Crippen LogP contribution is 2.31. The lowest BCUT2D eigenvalue weighted by Gasteiger charge is -2.16. The molecule has 0 spiro atoms. The van der Waals surface area contributed by atoms with Crippen molar-refractivity contribution in [1.82, 2.24) is 10.6 Å². The summed E-state index contributed by atoms with van der Waals surface area (Å²) in [6.07, 6.45) is 4.03. The molecular formula is C25H34N4O6-2. The van der Waals surface area contributed by atoms with Gasteiger partial charge in [0, 0.05) is 48.8 Å². The van der Waals surface area contributed by atoms with E-state index in [1.807, 2.05) is 0 Å². The third-order valence-corrected chi connectivity index (χ3v) is 5.05. The number of benzene rings is 2. The van der Waals surface area contributed by atoms with Crippen molar-refractivity contribution in [3.63, 3.8) is 0 Å². The van der Waals surface area contributed by atoms with Crippen molar-refractivity contribution in [2.24, 2.45) is 9.98 Å². The van der Waals surface area contributed by atoms with E-state index in [2.05, 4.69) is 20.6 Å². The number of hydrogen-bond donors (Lipinski definition) is 2. The Labute approximate surface area is 206 Å². The Morgan fingerprint density at radius 2 is 1.09 bits per heavy atom. The molecule has 0 amide bonds. The van der Waals surface area contributed by atoms with Crippen LogP contribution in [0.4, 0.5) is 0 Å². The number of ether oxygens (including phenoxy) is 4. The predicted octanol–water partition coefficient (Wildman–Crippen LogP) is 0.976. The Hall–Kier alpha value is -3.50. The number of nitrogens with one attached hydrogen (secondary N) is 2. The zero-order valence-electron chi connectivity index (χ0n) is 20.8. The van der Waals surface area contributed by atoms with Crippen LogP contribution in [0, 0.1) is 0 Å². The fourth-order valence-corrected chi connectivity index (χ4v) is 3.17. The smallest absolute Gasteiger partial charge is 0.130 e. The number of rotatable bonds is 16. The molecule has 0 saturated heterocycles. The van der Waals surface area contributed by atoms with E-state index in [1.54, 1.807) is 24.6 Å². The molecule has 0 aliphatic carbocycles. The van der Waals surface area contributed by atoms with Crippen molar-refractivity contribution >= 4 is 12.4 Å². The van der Waals surface area contributed by atoms with Gasteiger partial charge in [0.15, 0.2) is 0 Å². The van der Waals surface area contributed by atoms with Gasteiger partial charge in [0.05, 0.1) is 41.5 Å². The third kappa shape index (κ3) is 8.99. The van der Waals surface area contributed by atoms with E-state index in [0.29, 0.717) is 60.3 Å². The molecule has 0 aliphatic heterocycles. The lowest BCUT2D eigenvalue weighted by molar-refractivity contribution is -0.269. The molecule has 2 N–H and O–H groups in total. The highest BCUT2D eigenvalue weighted by molar-refractivity contribution is 5.88. The van der Waals surface area contributed by atoms with Crippen LogP contribution in [0.15, 0.2) is 34.3 Å². The highest BCUT2D eigenvalue weighted by atomic mass is 16.5. The summed E-state index contributed by atoms with van der Waals surface area (Å²) in [7, 11) is 6.02. The van der Waals surface area contributed by atoms with Gasteiger partial charge in [0.2, 0.25) is 0 Å². The number of aliphatic imine (C=N–C) groups is 2. The zero-order valence-corrected chi connectivity index (χ0v) is 20.8. The van der Waals surface area contributed by atoms with Crippen molar-refractivity contribution in [3.05, 3.63) is 35.4 Å². The van der Waals surface area contributed by atoms with Crippen LogP contribution in [0.2, 0.25) is 0 Å². The van der Waals surface area contributed by atoms with Gasteiger partial charge >= 0.3 is 0 Å². The summed E-state index contributed by atoms with van der Waals surface area (Å²) < 4.78 is 20.7. The van der Waals surface area contributed by atoms with Crippen LogP contribution in [0.3, 0.4) is 0 Å². The first-order valence-electron chi connectivity index (χ1n) is 11.3. The molecule has 0 saturated carbocycles. The molecule has 10 nitrogen and oxygen atoms in total. The largest absolute Gasteiger partial charge is 0.872 e. The Morgan fingerprint density at radius 1 is 0.657 bits per heavy atom. The molecule has 2 aromatic rings. The zero-order chi connectivity index (χ0) is 25.5. The van der Waals surface area contributed by atoms with Gasteiger partial charge in [-0.1, -0.05) is 11.5 Å². The minimum Gasteiger partial charge on any atom is -0.872 e. The SMILES string of the molecule is COc1cc([O-])c(C=NCCNCCCNCCN=Cc2c([O-])cc(OC)cc2OC)c(OC)c1. The van der Waals surface area contributed by atoms with E-state index in [9.17, 15) is 10.2 Å². The van der Waals surface area contributed by atoms with Crippen LogP contribution in [0.5, 0.6) is 34.5 Å².